The van der Waals surface area contributed by atoms with E-state index in [-0.39, 0.29) is 24.4 Å². The maximum atomic E-state index is 14.0. The average Bonchev–Trinajstić information content (AvgIpc) is 3.28. The van der Waals surface area contributed by atoms with Crippen molar-refractivity contribution in [3.63, 3.8) is 0 Å². The molecule has 3 aromatic carbocycles. The number of nitrogens with zero attached hydrogens (tertiary/aromatic N) is 2. The topological polar surface area (TPSA) is 65.6 Å². The molecule has 6 nitrogen and oxygen atoms in total. The summed E-state index contributed by atoms with van der Waals surface area (Å²) < 4.78 is 5.49. The number of hydrogen-bond donors (Lipinski definition) is 1. The van der Waals surface area contributed by atoms with Gasteiger partial charge in [0.15, 0.2) is 0 Å². The summed E-state index contributed by atoms with van der Waals surface area (Å²) in [5, 5.41) is 1.10. The number of carbonyl (C=O) groups excluding carboxylic acids is 2. The summed E-state index contributed by atoms with van der Waals surface area (Å²) in [7, 11) is 1.63. The Morgan fingerprint density at radius 1 is 0.971 bits per heavy atom. The van der Waals surface area contributed by atoms with Gasteiger partial charge in [-0.2, -0.15) is 0 Å². The summed E-state index contributed by atoms with van der Waals surface area (Å²) in [5.74, 6) is 0.664. The van der Waals surface area contributed by atoms with E-state index in [9.17, 15) is 9.59 Å². The van der Waals surface area contributed by atoms with E-state index in [0.29, 0.717) is 6.42 Å². The Bertz CT molecular complexity index is 1430. The Morgan fingerprint density at radius 3 is 2.54 bits per heavy atom. The molecule has 0 bridgehead atoms. The van der Waals surface area contributed by atoms with Crippen LogP contribution in [0.5, 0.6) is 5.75 Å². The number of benzene rings is 3. The van der Waals surface area contributed by atoms with Gasteiger partial charge in [0.2, 0.25) is 11.8 Å². The first-order chi connectivity index (χ1) is 17.1. The highest BCUT2D eigenvalue weighted by molar-refractivity contribution is 5.98. The van der Waals surface area contributed by atoms with E-state index < -0.39 is 12.1 Å². The Balaban J connectivity index is 1.48. The number of methoxy groups -OCH3 is 1. The Hall–Kier alpha value is -4.06. The highest BCUT2D eigenvalue weighted by Gasteiger charge is 2.49. The summed E-state index contributed by atoms with van der Waals surface area (Å²) in [6, 6.07) is 24.7. The quantitative estimate of drug-likeness (QED) is 0.478. The lowest BCUT2D eigenvalue weighted by Gasteiger charge is -2.48. The van der Waals surface area contributed by atoms with Gasteiger partial charge in [-0.25, -0.2) is 0 Å². The van der Waals surface area contributed by atoms with Crippen LogP contribution in [-0.4, -0.2) is 46.3 Å². The lowest BCUT2D eigenvalue weighted by molar-refractivity contribution is -0.160. The van der Waals surface area contributed by atoms with E-state index >= 15 is 0 Å². The van der Waals surface area contributed by atoms with Gasteiger partial charge in [0.25, 0.3) is 0 Å². The van der Waals surface area contributed by atoms with Crippen LogP contribution in [0.2, 0.25) is 0 Å². The van der Waals surface area contributed by atoms with E-state index in [4.69, 9.17) is 4.74 Å². The first-order valence-electron chi connectivity index (χ1n) is 12.0. The summed E-state index contributed by atoms with van der Waals surface area (Å²) in [5.41, 5.74) is 5.04. The second-order valence-corrected chi connectivity index (χ2v) is 9.32. The smallest absolute Gasteiger partial charge is 0.246 e. The fourth-order valence-electron chi connectivity index (χ4n) is 5.68. The molecule has 0 radical (unpaired) electrons. The summed E-state index contributed by atoms with van der Waals surface area (Å²) in [6.45, 7) is 2.05. The Morgan fingerprint density at radius 2 is 1.74 bits per heavy atom. The number of para-hydroxylation sites is 1. The second-order valence-electron chi connectivity index (χ2n) is 9.32. The number of hydrogen-bond acceptors (Lipinski definition) is 3. The normalized spacial score (nSPS) is 20.5. The standard InChI is InChI=1S/C29H27N3O3/c1-18(19-9-4-3-5-10-19)31-17-26(33)32-25(29(31)34)16-23-22-13-6-7-14-24(22)30-27(23)28(32)20-11-8-12-21(15-20)35-2/h3-15,18,25,28,30H,16-17H2,1-2H3/t18-,25+,28-/m1/s1. The number of rotatable bonds is 4. The zero-order valence-corrected chi connectivity index (χ0v) is 19.8. The van der Waals surface area contributed by atoms with Crippen molar-refractivity contribution in [2.24, 2.45) is 0 Å². The summed E-state index contributed by atoms with van der Waals surface area (Å²) in [4.78, 5) is 34.9. The molecular weight excluding hydrogens is 438 g/mol. The molecule has 2 aliphatic rings. The Kier molecular flexibility index (Phi) is 5.10. The molecule has 1 aromatic heterocycles. The van der Waals surface area contributed by atoms with Gasteiger partial charge in [0.1, 0.15) is 18.3 Å². The van der Waals surface area contributed by atoms with Crippen molar-refractivity contribution in [2.45, 2.75) is 31.5 Å². The maximum absolute atomic E-state index is 14.0. The number of aromatic amines is 1. The minimum atomic E-state index is -0.565. The molecule has 4 aromatic rings. The molecule has 0 unspecified atom stereocenters. The minimum absolute atomic E-state index is 0.00946. The van der Waals surface area contributed by atoms with E-state index in [1.54, 1.807) is 16.9 Å². The van der Waals surface area contributed by atoms with Gasteiger partial charge in [-0.1, -0.05) is 60.7 Å². The van der Waals surface area contributed by atoms with Crippen molar-refractivity contribution in [1.29, 1.82) is 0 Å². The van der Waals surface area contributed by atoms with Crippen molar-refractivity contribution in [2.75, 3.05) is 13.7 Å². The number of nitrogens with one attached hydrogen (secondary N) is 1. The van der Waals surface area contributed by atoms with Crippen LogP contribution >= 0.6 is 0 Å². The second kappa shape index (κ2) is 8.31. The monoisotopic (exact) mass is 465 g/mol. The number of piperazine rings is 1. The third kappa shape index (κ3) is 3.40. The number of fused-ring (bicyclic) bond motifs is 4. The van der Waals surface area contributed by atoms with Crippen LogP contribution < -0.4 is 4.74 Å². The molecule has 0 spiro atoms. The van der Waals surface area contributed by atoms with E-state index in [0.717, 1.165) is 39.0 Å². The van der Waals surface area contributed by atoms with Crippen LogP contribution in [0.15, 0.2) is 78.9 Å². The van der Waals surface area contributed by atoms with E-state index in [1.807, 2.05) is 79.7 Å². The first-order valence-corrected chi connectivity index (χ1v) is 12.0. The predicted octanol–water partition coefficient (Wildman–Crippen LogP) is 4.62. The van der Waals surface area contributed by atoms with Gasteiger partial charge in [0.05, 0.1) is 19.2 Å². The third-order valence-electron chi connectivity index (χ3n) is 7.45. The molecule has 0 saturated carbocycles. The van der Waals surface area contributed by atoms with E-state index in [1.165, 1.54) is 0 Å². The van der Waals surface area contributed by atoms with Crippen LogP contribution in [0.1, 0.15) is 41.4 Å². The maximum Gasteiger partial charge on any atom is 0.246 e. The van der Waals surface area contributed by atoms with Crippen molar-refractivity contribution >= 4 is 22.7 Å². The summed E-state index contributed by atoms with van der Waals surface area (Å²) in [6.07, 6.45) is 0.488. The van der Waals surface area contributed by atoms with Crippen LogP contribution in [0.25, 0.3) is 10.9 Å². The molecule has 176 valence electrons. The highest BCUT2D eigenvalue weighted by atomic mass is 16.5. The number of aromatic nitrogens is 1. The number of amides is 2. The van der Waals surface area contributed by atoms with Crippen LogP contribution in [0.3, 0.4) is 0 Å². The molecule has 2 amide bonds. The average molecular weight is 466 g/mol. The van der Waals surface area contributed by atoms with Gasteiger partial charge in [-0.05, 0) is 41.8 Å². The predicted molar refractivity (Wildman–Crippen MR) is 134 cm³/mol. The lowest BCUT2D eigenvalue weighted by atomic mass is 9.85. The lowest BCUT2D eigenvalue weighted by Crippen LogP contribution is -2.63. The van der Waals surface area contributed by atoms with Gasteiger partial charge in [-0.15, -0.1) is 0 Å². The zero-order valence-electron chi connectivity index (χ0n) is 19.8. The molecule has 6 rings (SSSR count). The molecule has 3 heterocycles. The van der Waals surface area contributed by atoms with E-state index in [2.05, 4.69) is 11.1 Å². The van der Waals surface area contributed by atoms with Gasteiger partial charge in [0, 0.05) is 23.0 Å². The molecule has 3 atom stereocenters. The molecular formula is C29H27N3O3. The van der Waals surface area contributed by atoms with Gasteiger partial charge in [-0.3, -0.25) is 9.59 Å². The van der Waals surface area contributed by atoms with Crippen molar-refractivity contribution in [1.82, 2.24) is 14.8 Å². The van der Waals surface area contributed by atoms with Gasteiger partial charge < -0.3 is 19.5 Å². The third-order valence-corrected chi connectivity index (χ3v) is 7.45. The van der Waals surface area contributed by atoms with Crippen LogP contribution in [0, 0.1) is 0 Å². The number of H-pyrrole nitrogens is 1. The van der Waals surface area contributed by atoms with Crippen molar-refractivity contribution in [3.8, 4) is 5.75 Å². The largest absolute Gasteiger partial charge is 0.497 e. The molecule has 35 heavy (non-hydrogen) atoms. The number of carbonyl (C=O) groups is 2. The molecule has 6 heteroatoms. The first kappa shape index (κ1) is 21.5. The molecule has 1 fully saturated rings. The SMILES string of the molecule is COc1cccc([C@@H]2c3[nH]c4ccccc4c3C[C@H]3C(=O)N([C@H](C)c4ccccc4)CC(=O)N23)c1. The summed E-state index contributed by atoms with van der Waals surface area (Å²) >= 11 is 0. The minimum Gasteiger partial charge on any atom is -0.497 e. The molecule has 1 saturated heterocycles. The zero-order chi connectivity index (χ0) is 24.1. The van der Waals surface area contributed by atoms with Gasteiger partial charge >= 0.3 is 0 Å². The molecule has 1 N–H and O–H groups in total. The molecule has 2 aliphatic heterocycles. The Labute approximate surface area is 204 Å². The fourth-order valence-corrected chi connectivity index (χ4v) is 5.68. The fraction of sp³-hybridized carbons (Fsp3) is 0.241. The van der Waals surface area contributed by atoms with Crippen LogP contribution in [0.4, 0.5) is 0 Å². The van der Waals surface area contributed by atoms with Crippen molar-refractivity contribution < 1.29 is 14.3 Å². The van der Waals surface area contributed by atoms with Crippen LogP contribution in [-0.2, 0) is 16.0 Å². The van der Waals surface area contributed by atoms with Crippen molar-refractivity contribution in [3.05, 3.63) is 101 Å². The molecule has 0 aliphatic carbocycles. The highest BCUT2D eigenvalue weighted by Crippen LogP contribution is 2.43. The number of ether oxygens (including phenoxy) is 1.